The third-order valence-electron chi connectivity index (χ3n) is 4.08. The standard InChI is InChI=1S/C17H20FN5O2/c1-11(2)15-16(24)19-7-8-22(15)17(25)21-12-9-20-23(10-12)14-6-4-3-5-13(14)18/h3-6,9-11,15H,7-8H2,1-2H3,(H,19,24)(H,21,25). The topological polar surface area (TPSA) is 79.3 Å². The molecule has 0 saturated carbocycles. The van der Waals surface area contributed by atoms with Gasteiger partial charge in [0.05, 0.1) is 18.1 Å². The number of hydrogen-bond acceptors (Lipinski definition) is 3. The van der Waals surface area contributed by atoms with Crippen LogP contribution in [0.15, 0.2) is 36.7 Å². The van der Waals surface area contributed by atoms with Crippen molar-refractivity contribution < 1.29 is 14.0 Å². The lowest BCUT2D eigenvalue weighted by Gasteiger charge is -2.37. The number of halogens is 1. The first-order valence-corrected chi connectivity index (χ1v) is 8.12. The summed E-state index contributed by atoms with van der Waals surface area (Å²) < 4.78 is 15.2. The van der Waals surface area contributed by atoms with Crippen LogP contribution in [0.25, 0.3) is 5.69 Å². The Morgan fingerprint density at radius 1 is 1.40 bits per heavy atom. The Balaban J connectivity index is 1.75. The molecule has 2 aromatic rings. The fraction of sp³-hybridized carbons (Fsp3) is 0.353. The summed E-state index contributed by atoms with van der Waals surface area (Å²) in [5.41, 5.74) is 0.724. The molecule has 1 aliphatic rings. The summed E-state index contributed by atoms with van der Waals surface area (Å²) in [4.78, 5) is 26.1. The van der Waals surface area contributed by atoms with Gasteiger partial charge in [-0.05, 0) is 18.1 Å². The molecule has 2 heterocycles. The monoisotopic (exact) mass is 345 g/mol. The van der Waals surface area contributed by atoms with Crippen LogP contribution in [0.3, 0.4) is 0 Å². The smallest absolute Gasteiger partial charge is 0.322 e. The SMILES string of the molecule is CC(C)C1C(=O)NCCN1C(=O)Nc1cnn(-c2ccccc2F)c1. The minimum absolute atomic E-state index is 0.00723. The molecule has 2 N–H and O–H groups in total. The van der Waals surface area contributed by atoms with Crippen molar-refractivity contribution in [1.29, 1.82) is 0 Å². The fourth-order valence-corrected chi connectivity index (χ4v) is 2.93. The second-order valence-corrected chi connectivity index (χ2v) is 6.23. The number of anilines is 1. The number of para-hydroxylation sites is 1. The lowest BCUT2D eigenvalue weighted by atomic mass is 10.00. The summed E-state index contributed by atoms with van der Waals surface area (Å²) in [6.45, 7) is 4.64. The van der Waals surface area contributed by atoms with E-state index in [-0.39, 0.29) is 17.9 Å². The second-order valence-electron chi connectivity index (χ2n) is 6.23. The van der Waals surface area contributed by atoms with Crippen molar-refractivity contribution >= 4 is 17.6 Å². The predicted octanol–water partition coefficient (Wildman–Crippen LogP) is 2.00. The van der Waals surface area contributed by atoms with E-state index in [1.165, 1.54) is 28.0 Å². The summed E-state index contributed by atoms with van der Waals surface area (Å²) >= 11 is 0. The molecule has 3 amide bonds. The summed E-state index contributed by atoms with van der Waals surface area (Å²) in [5.74, 6) is -0.568. The summed E-state index contributed by atoms with van der Waals surface area (Å²) in [7, 11) is 0. The minimum atomic E-state index is -0.518. The lowest BCUT2D eigenvalue weighted by molar-refractivity contribution is -0.129. The van der Waals surface area contributed by atoms with Gasteiger partial charge in [0.15, 0.2) is 0 Å². The number of rotatable bonds is 3. The maximum Gasteiger partial charge on any atom is 0.322 e. The number of carbonyl (C=O) groups is 2. The highest BCUT2D eigenvalue weighted by Crippen LogP contribution is 2.18. The van der Waals surface area contributed by atoms with Gasteiger partial charge in [0.25, 0.3) is 0 Å². The first-order valence-electron chi connectivity index (χ1n) is 8.12. The highest BCUT2D eigenvalue weighted by molar-refractivity contribution is 5.94. The molecule has 1 aromatic carbocycles. The average molecular weight is 345 g/mol. The normalized spacial score (nSPS) is 17.5. The molecule has 8 heteroatoms. The number of hydrogen-bond donors (Lipinski definition) is 2. The highest BCUT2D eigenvalue weighted by Gasteiger charge is 2.35. The molecule has 1 atom stereocenters. The first-order chi connectivity index (χ1) is 12.0. The van der Waals surface area contributed by atoms with Crippen LogP contribution in [0.2, 0.25) is 0 Å². The molecule has 1 aromatic heterocycles. The molecule has 0 bridgehead atoms. The minimum Gasteiger partial charge on any atom is -0.353 e. The number of nitrogens with one attached hydrogen (secondary N) is 2. The highest BCUT2D eigenvalue weighted by atomic mass is 19.1. The quantitative estimate of drug-likeness (QED) is 0.893. The van der Waals surface area contributed by atoms with E-state index in [1.807, 2.05) is 13.8 Å². The molecular weight excluding hydrogens is 325 g/mol. The van der Waals surface area contributed by atoms with Gasteiger partial charge in [0, 0.05) is 13.1 Å². The van der Waals surface area contributed by atoms with Gasteiger partial charge in [-0.15, -0.1) is 0 Å². The van der Waals surface area contributed by atoms with Gasteiger partial charge in [0.2, 0.25) is 5.91 Å². The van der Waals surface area contributed by atoms with Crippen molar-refractivity contribution in [2.45, 2.75) is 19.9 Å². The Labute approximate surface area is 144 Å². The molecule has 7 nitrogen and oxygen atoms in total. The maximum absolute atomic E-state index is 13.8. The van der Waals surface area contributed by atoms with E-state index in [0.717, 1.165) is 0 Å². The lowest BCUT2D eigenvalue weighted by Crippen LogP contribution is -2.60. The zero-order valence-electron chi connectivity index (χ0n) is 14.1. The van der Waals surface area contributed by atoms with Crippen LogP contribution in [-0.4, -0.2) is 45.8 Å². The number of aromatic nitrogens is 2. The van der Waals surface area contributed by atoms with E-state index in [9.17, 15) is 14.0 Å². The third kappa shape index (κ3) is 3.47. The van der Waals surface area contributed by atoms with E-state index in [0.29, 0.717) is 24.5 Å². The summed E-state index contributed by atoms with van der Waals surface area (Å²) in [6, 6.07) is 5.35. The average Bonchev–Trinajstić information content (AvgIpc) is 3.02. The van der Waals surface area contributed by atoms with Crippen LogP contribution in [0, 0.1) is 11.7 Å². The van der Waals surface area contributed by atoms with Gasteiger partial charge in [-0.2, -0.15) is 5.10 Å². The largest absolute Gasteiger partial charge is 0.353 e. The Hall–Kier alpha value is -2.90. The zero-order chi connectivity index (χ0) is 18.0. The van der Waals surface area contributed by atoms with Crippen LogP contribution in [0.5, 0.6) is 0 Å². The molecule has 1 saturated heterocycles. The number of benzene rings is 1. The van der Waals surface area contributed by atoms with E-state index >= 15 is 0 Å². The Kier molecular flexibility index (Phi) is 4.69. The fourth-order valence-electron chi connectivity index (χ4n) is 2.93. The molecular formula is C17H20FN5O2. The maximum atomic E-state index is 13.8. The van der Waals surface area contributed by atoms with Crippen molar-refractivity contribution in [3.05, 3.63) is 42.5 Å². The number of nitrogens with zero attached hydrogens (tertiary/aromatic N) is 3. The van der Waals surface area contributed by atoms with E-state index < -0.39 is 11.9 Å². The van der Waals surface area contributed by atoms with Crippen molar-refractivity contribution in [3.8, 4) is 5.69 Å². The van der Waals surface area contributed by atoms with Gasteiger partial charge in [-0.1, -0.05) is 26.0 Å². The van der Waals surface area contributed by atoms with Gasteiger partial charge in [0.1, 0.15) is 17.5 Å². The zero-order valence-corrected chi connectivity index (χ0v) is 14.1. The summed E-state index contributed by atoms with van der Waals surface area (Å²) in [5, 5.41) is 9.58. The number of piperazine rings is 1. The van der Waals surface area contributed by atoms with Gasteiger partial charge < -0.3 is 15.5 Å². The van der Waals surface area contributed by atoms with Crippen LogP contribution < -0.4 is 10.6 Å². The number of amides is 3. The van der Waals surface area contributed by atoms with Gasteiger partial charge >= 0.3 is 6.03 Å². The van der Waals surface area contributed by atoms with Crippen molar-refractivity contribution in [2.75, 3.05) is 18.4 Å². The molecule has 3 rings (SSSR count). The van der Waals surface area contributed by atoms with Crippen molar-refractivity contribution in [2.24, 2.45) is 5.92 Å². The molecule has 132 valence electrons. The van der Waals surface area contributed by atoms with Gasteiger partial charge in [-0.25, -0.2) is 13.9 Å². The van der Waals surface area contributed by atoms with Crippen LogP contribution in [-0.2, 0) is 4.79 Å². The Morgan fingerprint density at radius 2 is 2.16 bits per heavy atom. The van der Waals surface area contributed by atoms with Crippen LogP contribution in [0.1, 0.15) is 13.8 Å². The molecule has 1 unspecified atom stereocenters. The Morgan fingerprint density at radius 3 is 2.88 bits per heavy atom. The molecule has 1 fully saturated rings. The van der Waals surface area contributed by atoms with Crippen molar-refractivity contribution in [3.63, 3.8) is 0 Å². The summed E-state index contributed by atoms with van der Waals surface area (Å²) in [6.07, 6.45) is 2.98. The number of urea groups is 1. The molecule has 1 aliphatic heterocycles. The van der Waals surface area contributed by atoms with E-state index in [2.05, 4.69) is 15.7 Å². The first kappa shape index (κ1) is 16.9. The molecule has 0 radical (unpaired) electrons. The predicted molar refractivity (Wildman–Crippen MR) is 90.9 cm³/mol. The van der Waals surface area contributed by atoms with Crippen LogP contribution >= 0.6 is 0 Å². The van der Waals surface area contributed by atoms with Crippen LogP contribution in [0.4, 0.5) is 14.9 Å². The second kappa shape index (κ2) is 6.92. The third-order valence-corrected chi connectivity index (χ3v) is 4.08. The van der Waals surface area contributed by atoms with E-state index in [4.69, 9.17) is 0 Å². The van der Waals surface area contributed by atoms with E-state index in [1.54, 1.807) is 18.2 Å². The number of carbonyl (C=O) groups excluding carboxylic acids is 2. The van der Waals surface area contributed by atoms with Gasteiger partial charge in [-0.3, -0.25) is 4.79 Å². The van der Waals surface area contributed by atoms with Crippen molar-refractivity contribution in [1.82, 2.24) is 20.0 Å². The molecule has 0 spiro atoms. The Bertz CT molecular complexity index is 789. The molecule has 0 aliphatic carbocycles. The molecule has 25 heavy (non-hydrogen) atoms.